The van der Waals surface area contributed by atoms with Crippen molar-refractivity contribution < 1.29 is 4.79 Å². The summed E-state index contributed by atoms with van der Waals surface area (Å²) in [7, 11) is 0. The fourth-order valence-corrected chi connectivity index (χ4v) is 1.20. The van der Waals surface area contributed by atoms with Crippen LogP contribution in [0.4, 0.5) is 0 Å². The van der Waals surface area contributed by atoms with Crippen LogP contribution in [0.2, 0.25) is 0 Å². The van der Waals surface area contributed by atoms with E-state index in [1.807, 2.05) is 31.2 Å². The van der Waals surface area contributed by atoms with Gasteiger partial charge in [-0.05, 0) is 34.7 Å². The van der Waals surface area contributed by atoms with Gasteiger partial charge in [0.15, 0.2) is 5.78 Å². The van der Waals surface area contributed by atoms with Crippen LogP contribution in [0.25, 0.3) is 0 Å². The van der Waals surface area contributed by atoms with E-state index in [1.54, 1.807) is 0 Å². The lowest BCUT2D eigenvalue weighted by Gasteiger charge is -1.96. The Morgan fingerprint density at radius 1 is 1.36 bits per heavy atom. The van der Waals surface area contributed by atoms with E-state index in [1.165, 1.54) is 0 Å². The minimum absolute atomic E-state index is 0.210. The van der Waals surface area contributed by atoms with Crippen LogP contribution in [0.15, 0.2) is 24.3 Å². The lowest BCUT2D eigenvalue weighted by atomic mass is 10.1. The first-order chi connectivity index (χ1) is 5.24. The molecular formula is C9H9IO. The molecular weight excluding hydrogens is 251 g/mol. The van der Waals surface area contributed by atoms with E-state index in [9.17, 15) is 4.79 Å². The van der Waals surface area contributed by atoms with E-state index in [4.69, 9.17) is 0 Å². The molecule has 0 saturated carbocycles. The van der Waals surface area contributed by atoms with E-state index in [0.717, 1.165) is 9.13 Å². The van der Waals surface area contributed by atoms with Crippen molar-refractivity contribution in [1.82, 2.24) is 0 Å². The van der Waals surface area contributed by atoms with Gasteiger partial charge in [0.05, 0.1) is 0 Å². The molecule has 0 fully saturated rings. The molecule has 1 rings (SSSR count). The number of benzene rings is 1. The summed E-state index contributed by atoms with van der Waals surface area (Å²) in [6.45, 7) is 1.88. The quantitative estimate of drug-likeness (QED) is 0.590. The van der Waals surface area contributed by atoms with Gasteiger partial charge in [0.25, 0.3) is 0 Å². The van der Waals surface area contributed by atoms with Crippen molar-refractivity contribution in [2.75, 3.05) is 0 Å². The first kappa shape index (κ1) is 8.71. The normalized spacial score (nSPS) is 9.64. The van der Waals surface area contributed by atoms with Gasteiger partial charge < -0.3 is 0 Å². The van der Waals surface area contributed by atoms with Crippen LogP contribution in [-0.2, 0) is 0 Å². The second-order valence-electron chi connectivity index (χ2n) is 2.28. The molecule has 0 saturated heterocycles. The summed E-state index contributed by atoms with van der Waals surface area (Å²) in [6.07, 6.45) is 0.584. The zero-order valence-corrected chi connectivity index (χ0v) is 8.46. The lowest BCUT2D eigenvalue weighted by molar-refractivity contribution is 0.0988. The van der Waals surface area contributed by atoms with Crippen LogP contribution < -0.4 is 0 Å². The number of hydrogen-bond donors (Lipinski definition) is 0. The van der Waals surface area contributed by atoms with Crippen molar-refractivity contribution in [3.8, 4) is 0 Å². The molecule has 0 radical (unpaired) electrons. The van der Waals surface area contributed by atoms with Crippen LogP contribution in [-0.4, -0.2) is 5.78 Å². The van der Waals surface area contributed by atoms with Crippen LogP contribution >= 0.6 is 22.6 Å². The highest BCUT2D eigenvalue weighted by molar-refractivity contribution is 14.1. The summed E-state index contributed by atoms with van der Waals surface area (Å²) in [5.41, 5.74) is 0.813. The molecule has 0 spiro atoms. The second kappa shape index (κ2) is 3.85. The van der Waals surface area contributed by atoms with Gasteiger partial charge in [0.1, 0.15) is 0 Å². The van der Waals surface area contributed by atoms with E-state index in [0.29, 0.717) is 6.42 Å². The van der Waals surface area contributed by atoms with Gasteiger partial charge in [0, 0.05) is 15.6 Å². The summed E-state index contributed by atoms with van der Waals surface area (Å²) >= 11 is 2.22. The summed E-state index contributed by atoms with van der Waals surface area (Å²) in [5, 5.41) is 0. The zero-order valence-electron chi connectivity index (χ0n) is 6.30. The van der Waals surface area contributed by atoms with Crippen LogP contribution in [0.1, 0.15) is 23.7 Å². The Bertz CT molecular complexity index is 251. The van der Waals surface area contributed by atoms with Crippen molar-refractivity contribution in [2.24, 2.45) is 0 Å². The number of hydrogen-bond acceptors (Lipinski definition) is 1. The third kappa shape index (κ3) is 2.29. The molecule has 0 atom stereocenters. The smallest absolute Gasteiger partial charge is 0.162 e. The standard InChI is InChI=1S/C9H9IO/c1-2-9(11)7-3-5-8(10)6-4-7/h3-6H,2H2,1H3. The summed E-state index contributed by atoms with van der Waals surface area (Å²) in [6, 6.07) is 7.63. The Kier molecular flexibility index (Phi) is 3.05. The third-order valence-corrected chi connectivity index (χ3v) is 2.21. The highest BCUT2D eigenvalue weighted by atomic mass is 127. The number of carbonyl (C=O) groups excluding carboxylic acids is 1. The second-order valence-corrected chi connectivity index (χ2v) is 3.53. The average Bonchev–Trinajstić information content (AvgIpc) is 2.05. The fourth-order valence-electron chi connectivity index (χ4n) is 0.840. The Labute approximate surface area is 79.9 Å². The Hall–Kier alpha value is -0.380. The zero-order chi connectivity index (χ0) is 8.27. The highest BCUT2D eigenvalue weighted by Gasteiger charge is 2.00. The lowest BCUT2D eigenvalue weighted by Crippen LogP contribution is -1.95. The maximum Gasteiger partial charge on any atom is 0.162 e. The van der Waals surface area contributed by atoms with Gasteiger partial charge in [0.2, 0.25) is 0 Å². The van der Waals surface area contributed by atoms with Gasteiger partial charge in [-0.3, -0.25) is 4.79 Å². The maximum absolute atomic E-state index is 11.1. The topological polar surface area (TPSA) is 17.1 Å². The van der Waals surface area contributed by atoms with E-state index < -0.39 is 0 Å². The molecule has 0 aliphatic carbocycles. The molecule has 1 nitrogen and oxygen atoms in total. The molecule has 0 N–H and O–H groups in total. The van der Waals surface area contributed by atoms with Gasteiger partial charge in [-0.25, -0.2) is 0 Å². The molecule has 0 heterocycles. The molecule has 0 amide bonds. The van der Waals surface area contributed by atoms with Crippen LogP contribution in [0, 0.1) is 3.57 Å². The predicted molar refractivity (Wildman–Crippen MR) is 53.8 cm³/mol. The third-order valence-electron chi connectivity index (χ3n) is 1.49. The number of halogens is 1. The maximum atomic E-state index is 11.1. The summed E-state index contributed by atoms with van der Waals surface area (Å²) in [4.78, 5) is 11.1. The van der Waals surface area contributed by atoms with Gasteiger partial charge in [-0.1, -0.05) is 19.1 Å². The van der Waals surface area contributed by atoms with Crippen molar-refractivity contribution in [2.45, 2.75) is 13.3 Å². The van der Waals surface area contributed by atoms with Crippen LogP contribution in [0.3, 0.4) is 0 Å². The van der Waals surface area contributed by atoms with E-state index in [2.05, 4.69) is 22.6 Å². The summed E-state index contributed by atoms with van der Waals surface area (Å²) in [5.74, 6) is 0.210. The molecule has 0 unspecified atom stereocenters. The number of ketones is 1. The van der Waals surface area contributed by atoms with E-state index in [-0.39, 0.29) is 5.78 Å². The molecule has 58 valence electrons. The fraction of sp³-hybridized carbons (Fsp3) is 0.222. The monoisotopic (exact) mass is 260 g/mol. The van der Waals surface area contributed by atoms with Crippen molar-refractivity contribution in [3.05, 3.63) is 33.4 Å². The minimum atomic E-state index is 0.210. The van der Waals surface area contributed by atoms with Gasteiger partial charge in [-0.15, -0.1) is 0 Å². The van der Waals surface area contributed by atoms with Crippen molar-refractivity contribution in [1.29, 1.82) is 0 Å². The number of rotatable bonds is 2. The Balaban J connectivity index is 2.90. The van der Waals surface area contributed by atoms with E-state index >= 15 is 0 Å². The first-order valence-corrected chi connectivity index (χ1v) is 4.60. The molecule has 1 aromatic rings. The summed E-state index contributed by atoms with van der Waals surface area (Å²) < 4.78 is 1.16. The number of Topliss-reactive ketones (excluding diaryl/α,β-unsaturated/α-hetero) is 1. The van der Waals surface area contributed by atoms with Gasteiger partial charge in [-0.2, -0.15) is 0 Å². The van der Waals surface area contributed by atoms with Crippen molar-refractivity contribution >= 4 is 28.4 Å². The molecule has 2 heteroatoms. The predicted octanol–water partition coefficient (Wildman–Crippen LogP) is 2.88. The largest absolute Gasteiger partial charge is 0.294 e. The molecule has 0 aliphatic heterocycles. The molecule has 0 bridgehead atoms. The minimum Gasteiger partial charge on any atom is -0.294 e. The van der Waals surface area contributed by atoms with Crippen molar-refractivity contribution in [3.63, 3.8) is 0 Å². The molecule has 11 heavy (non-hydrogen) atoms. The van der Waals surface area contributed by atoms with Crippen LogP contribution in [0.5, 0.6) is 0 Å². The molecule has 0 aliphatic rings. The van der Waals surface area contributed by atoms with Gasteiger partial charge >= 0.3 is 0 Å². The molecule has 0 aromatic heterocycles. The molecule has 1 aromatic carbocycles. The average molecular weight is 260 g/mol. The SMILES string of the molecule is CCC(=O)c1ccc(I)cc1. The highest BCUT2D eigenvalue weighted by Crippen LogP contribution is 2.08. The Morgan fingerprint density at radius 3 is 2.36 bits per heavy atom. The Morgan fingerprint density at radius 2 is 1.91 bits per heavy atom. The first-order valence-electron chi connectivity index (χ1n) is 3.53. The number of carbonyl (C=O) groups is 1.